The van der Waals surface area contributed by atoms with Crippen LogP contribution in [0.15, 0.2) is 0 Å². The Hall–Kier alpha value is -0.140. The lowest BCUT2D eigenvalue weighted by atomic mass is 9.65. The Kier molecular flexibility index (Phi) is 4.75. The zero-order chi connectivity index (χ0) is 12.2. The van der Waals surface area contributed by atoms with Crippen LogP contribution in [0.2, 0.25) is 0 Å². The molecule has 0 N–H and O–H groups in total. The van der Waals surface area contributed by atoms with Crippen LogP contribution >= 0.6 is 0 Å². The second-order valence-corrected chi connectivity index (χ2v) is 5.74. The van der Waals surface area contributed by atoms with E-state index in [4.69, 9.17) is 0 Å². The van der Waals surface area contributed by atoms with E-state index in [9.17, 15) is 8.78 Å². The normalized spacial score (nSPS) is 25.3. The largest absolute Gasteiger partial charge is 0.248 e. The van der Waals surface area contributed by atoms with E-state index < -0.39 is 5.92 Å². The molecule has 0 aromatic heterocycles. The minimum atomic E-state index is -2.38. The first-order valence-corrected chi connectivity index (χ1v) is 6.81. The quantitative estimate of drug-likeness (QED) is 0.594. The van der Waals surface area contributed by atoms with Gasteiger partial charge in [0.05, 0.1) is 0 Å². The van der Waals surface area contributed by atoms with Crippen molar-refractivity contribution in [3.63, 3.8) is 0 Å². The van der Waals surface area contributed by atoms with E-state index in [1.165, 1.54) is 19.3 Å². The molecule has 0 saturated heterocycles. The summed E-state index contributed by atoms with van der Waals surface area (Å²) in [5.74, 6) is -1.86. The number of unbranched alkanes of at least 4 members (excludes halogenated alkanes) is 1. The van der Waals surface area contributed by atoms with Crippen LogP contribution < -0.4 is 0 Å². The van der Waals surface area contributed by atoms with Crippen molar-refractivity contribution in [1.82, 2.24) is 0 Å². The summed E-state index contributed by atoms with van der Waals surface area (Å²) in [7, 11) is 0. The van der Waals surface area contributed by atoms with Gasteiger partial charge in [0.1, 0.15) is 0 Å². The molecule has 1 aliphatic carbocycles. The van der Waals surface area contributed by atoms with E-state index >= 15 is 0 Å². The highest BCUT2D eigenvalue weighted by molar-refractivity contribution is 4.87. The fraction of sp³-hybridized carbons (Fsp3) is 1.00. The highest BCUT2D eigenvalue weighted by atomic mass is 19.3. The maximum atomic E-state index is 13.1. The summed E-state index contributed by atoms with van der Waals surface area (Å²) in [6.07, 6.45) is 6.44. The molecule has 1 unspecified atom stereocenters. The van der Waals surface area contributed by atoms with Gasteiger partial charge in [0.15, 0.2) is 0 Å². The van der Waals surface area contributed by atoms with Crippen molar-refractivity contribution < 1.29 is 8.78 Å². The van der Waals surface area contributed by atoms with E-state index in [-0.39, 0.29) is 12.8 Å². The number of alkyl halides is 2. The molecular formula is C14H26F2. The molecule has 16 heavy (non-hydrogen) atoms. The molecule has 1 aliphatic rings. The van der Waals surface area contributed by atoms with Gasteiger partial charge in [-0.15, -0.1) is 0 Å². The minimum Gasteiger partial charge on any atom is -0.207 e. The lowest BCUT2D eigenvalue weighted by molar-refractivity contribution is -0.0641. The topological polar surface area (TPSA) is 0 Å². The third-order valence-corrected chi connectivity index (χ3v) is 4.61. The van der Waals surface area contributed by atoms with E-state index in [2.05, 4.69) is 20.8 Å². The molecule has 0 heterocycles. The highest BCUT2D eigenvalue weighted by Gasteiger charge is 2.41. The second-order valence-electron chi connectivity index (χ2n) is 5.74. The van der Waals surface area contributed by atoms with Crippen molar-refractivity contribution in [1.29, 1.82) is 0 Å². The van der Waals surface area contributed by atoms with E-state index in [0.717, 1.165) is 19.3 Å². The molecule has 1 rings (SSSR count). The molecule has 1 fully saturated rings. The van der Waals surface area contributed by atoms with Gasteiger partial charge in [0.25, 0.3) is 0 Å². The standard InChI is InChI=1S/C14H26F2/c1-4-6-9-13(3,5-2)12-7-10-14(15,16)11-8-12/h12H,4-11H2,1-3H3. The van der Waals surface area contributed by atoms with E-state index in [1.807, 2.05) is 0 Å². The molecule has 1 atom stereocenters. The van der Waals surface area contributed by atoms with Crippen molar-refractivity contribution in [2.75, 3.05) is 0 Å². The SMILES string of the molecule is CCCCC(C)(CC)C1CCC(F)(F)CC1. The van der Waals surface area contributed by atoms with Crippen molar-refractivity contribution in [2.24, 2.45) is 11.3 Å². The van der Waals surface area contributed by atoms with Crippen LogP contribution in [-0.4, -0.2) is 5.92 Å². The van der Waals surface area contributed by atoms with Crippen molar-refractivity contribution in [2.45, 2.75) is 78.1 Å². The van der Waals surface area contributed by atoms with Crippen LogP contribution in [0.1, 0.15) is 72.1 Å². The van der Waals surface area contributed by atoms with Crippen LogP contribution in [0.4, 0.5) is 8.78 Å². The van der Waals surface area contributed by atoms with Crippen LogP contribution in [-0.2, 0) is 0 Å². The summed E-state index contributed by atoms with van der Waals surface area (Å²) in [5.41, 5.74) is 0.298. The van der Waals surface area contributed by atoms with Crippen LogP contribution in [0.5, 0.6) is 0 Å². The molecule has 0 nitrogen and oxygen atoms in total. The van der Waals surface area contributed by atoms with Gasteiger partial charge in [-0.25, -0.2) is 8.78 Å². The fourth-order valence-electron chi connectivity index (χ4n) is 2.99. The summed E-state index contributed by atoms with van der Waals surface area (Å²) in [6.45, 7) is 6.71. The molecule has 0 aliphatic heterocycles. The summed E-state index contributed by atoms with van der Waals surface area (Å²) in [4.78, 5) is 0. The lowest BCUT2D eigenvalue weighted by Crippen LogP contribution is -2.34. The average molecular weight is 232 g/mol. The molecule has 0 radical (unpaired) electrons. The van der Waals surface area contributed by atoms with Crippen molar-refractivity contribution in [3.8, 4) is 0 Å². The third-order valence-electron chi connectivity index (χ3n) is 4.61. The molecule has 1 saturated carbocycles. The Labute approximate surface area is 98.8 Å². The van der Waals surface area contributed by atoms with Crippen LogP contribution in [0, 0.1) is 11.3 Å². The highest BCUT2D eigenvalue weighted by Crippen LogP contribution is 2.47. The van der Waals surface area contributed by atoms with E-state index in [0.29, 0.717) is 11.3 Å². The van der Waals surface area contributed by atoms with Gasteiger partial charge in [0.2, 0.25) is 5.92 Å². The molecule has 0 aromatic carbocycles. The first kappa shape index (κ1) is 13.9. The monoisotopic (exact) mass is 232 g/mol. The van der Waals surface area contributed by atoms with Crippen LogP contribution in [0.25, 0.3) is 0 Å². The Morgan fingerprint density at radius 2 is 1.75 bits per heavy atom. The maximum Gasteiger partial charge on any atom is 0.248 e. The molecule has 0 aromatic rings. The van der Waals surface area contributed by atoms with Gasteiger partial charge in [-0.2, -0.15) is 0 Å². The molecular weight excluding hydrogens is 206 g/mol. The summed E-state index contributed by atoms with van der Waals surface area (Å²) >= 11 is 0. The number of hydrogen-bond donors (Lipinski definition) is 0. The molecule has 2 heteroatoms. The number of rotatable bonds is 5. The fourth-order valence-corrected chi connectivity index (χ4v) is 2.99. The Bertz CT molecular complexity index is 203. The van der Waals surface area contributed by atoms with E-state index in [1.54, 1.807) is 0 Å². The molecule has 0 bridgehead atoms. The zero-order valence-corrected chi connectivity index (χ0v) is 11.0. The Morgan fingerprint density at radius 1 is 1.19 bits per heavy atom. The van der Waals surface area contributed by atoms with Crippen LogP contribution in [0.3, 0.4) is 0 Å². The minimum absolute atomic E-state index is 0.110. The molecule has 0 amide bonds. The smallest absolute Gasteiger partial charge is 0.207 e. The first-order valence-electron chi connectivity index (χ1n) is 6.81. The van der Waals surface area contributed by atoms with Crippen molar-refractivity contribution >= 4 is 0 Å². The van der Waals surface area contributed by atoms with Gasteiger partial charge in [-0.3, -0.25) is 0 Å². The van der Waals surface area contributed by atoms with Gasteiger partial charge >= 0.3 is 0 Å². The van der Waals surface area contributed by atoms with Gasteiger partial charge in [0, 0.05) is 12.8 Å². The molecule has 0 spiro atoms. The second kappa shape index (κ2) is 5.46. The Morgan fingerprint density at radius 3 is 2.19 bits per heavy atom. The summed E-state index contributed by atoms with van der Waals surface area (Å²) < 4.78 is 26.2. The summed E-state index contributed by atoms with van der Waals surface area (Å²) in [5, 5.41) is 0. The number of halogens is 2. The van der Waals surface area contributed by atoms with Gasteiger partial charge in [-0.05, 0) is 30.6 Å². The maximum absolute atomic E-state index is 13.1. The predicted molar refractivity (Wildman–Crippen MR) is 64.8 cm³/mol. The van der Waals surface area contributed by atoms with Crippen molar-refractivity contribution in [3.05, 3.63) is 0 Å². The zero-order valence-electron chi connectivity index (χ0n) is 11.0. The molecule has 96 valence electrons. The lowest BCUT2D eigenvalue weighted by Gasteiger charge is -2.41. The summed E-state index contributed by atoms with van der Waals surface area (Å²) in [6, 6.07) is 0. The van der Waals surface area contributed by atoms with Gasteiger partial charge < -0.3 is 0 Å². The number of hydrogen-bond acceptors (Lipinski definition) is 0. The van der Waals surface area contributed by atoms with Gasteiger partial charge in [-0.1, -0.05) is 40.0 Å². The Balaban J connectivity index is 2.54. The average Bonchev–Trinajstić information content (AvgIpc) is 2.26. The third kappa shape index (κ3) is 3.43. The first-order chi connectivity index (χ1) is 7.43. The predicted octanol–water partition coefficient (Wildman–Crippen LogP) is 5.42.